The first-order valence-corrected chi connectivity index (χ1v) is 4.10. The summed E-state index contributed by atoms with van der Waals surface area (Å²) in [5, 5.41) is 0. The summed E-state index contributed by atoms with van der Waals surface area (Å²) < 4.78 is 14.6. The van der Waals surface area contributed by atoms with Gasteiger partial charge in [0.25, 0.3) is 0 Å². The van der Waals surface area contributed by atoms with Crippen molar-refractivity contribution < 1.29 is 13.7 Å². The Balaban J connectivity index is 0. The van der Waals surface area contributed by atoms with Crippen molar-refractivity contribution in [3.8, 4) is 0 Å². The summed E-state index contributed by atoms with van der Waals surface area (Å²) in [6.45, 7) is 5.37. The van der Waals surface area contributed by atoms with Crippen LogP contribution < -0.4 is 10.9 Å². The first kappa shape index (κ1) is 12.3. The molecular formula is C5H15NO3Si. The monoisotopic (exact) mass is 165 g/mol. The van der Waals surface area contributed by atoms with Crippen LogP contribution in [0.1, 0.15) is 27.2 Å². The molecule has 0 aromatic heterocycles. The van der Waals surface area contributed by atoms with Crippen molar-refractivity contribution in [3.63, 3.8) is 0 Å². The summed E-state index contributed by atoms with van der Waals surface area (Å²) in [6.07, 6.45) is 0.700. The van der Waals surface area contributed by atoms with Crippen LogP contribution in [0.3, 0.4) is 0 Å². The number of rotatable bonds is 3. The predicted molar refractivity (Wildman–Crippen MR) is 37.9 cm³/mol. The van der Waals surface area contributed by atoms with Crippen LogP contribution in [-0.2, 0) is 8.89 Å². The number of hydrogen-bond acceptors (Lipinski definition) is 3. The van der Waals surface area contributed by atoms with Gasteiger partial charge in [0.15, 0.2) is 0 Å². The Morgan fingerprint density at radius 2 is 2.00 bits per heavy atom. The molecule has 0 unspecified atom stereocenters. The van der Waals surface area contributed by atoms with Gasteiger partial charge in [0.2, 0.25) is 0 Å². The van der Waals surface area contributed by atoms with E-state index in [1.54, 1.807) is 13.8 Å². The average Bonchev–Trinajstić information content (AvgIpc) is 1.63. The third kappa shape index (κ3) is 5.71. The highest BCUT2D eigenvalue weighted by Gasteiger charge is 2.11. The first-order valence-electron chi connectivity index (χ1n) is 2.88. The fourth-order valence-corrected chi connectivity index (χ4v) is 0.893. The largest absolute Gasteiger partial charge is 0.583 e. The Morgan fingerprint density at radius 3 is 2.10 bits per heavy atom. The highest BCUT2D eigenvalue weighted by molar-refractivity contribution is 6.22. The zero-order chi connectivity index (χ0) is 7.49. The van der Waals surface area contributed by atoms with E-state index in [4.69, 9.17) is 0 Å². The molecular weight excluding hydrogens is 150 g/mol. The Kier molecular flexibility index (Phi) is 5.40. The minimum atomic E-state index is -3.00. The van der Waals surface area contributed by atoms with Crippen LogP contribution in [0.4, 0.5) is 0 Å². The Bertz CT molecular complexity index is 115. The second-order valence-electron chi connectivity index (χ2n) is 2.47. The predicted octanol–water partition coefficient (Wildman–Crippen LogP) is 0.343. The van der Waals surface area contributed by atoms with Gasteiger partial charge in [-0.25, -0.2) is 0 Å². The van der Waals surface area contributed by atoms with Crippen molar-refractivity contribution in [2.45, 2.75) is 32.8 Å². The molecule has 0 aromatic rings. The summed E-state index contributed by atoms with van der Waals surface area (Å²) in [7, 11) is -3.00. The Morgan fingerprint density at radius 1 is 1.60 bits per heavy atom. The van der Waals surface area contributed by atoms with Gasteiger partial charge in [-0.3, -0.25) is 0 Å². The zero-order valence-corrected chi connectivity index (χ0v) is 7.93. The molecule has 0 spiro atoms. The molecule has 10 heavy (non-hydrogen) atoms. The summed E-state index contributed by atoms with van der Waals surface area (Å²) in [6, 6.07) is 0. The van der Waals surface area contributed by atoms with Crippen molar-refractivity contribution in [2.24, 2.45) is 0 Å². The van der Waals surface area contributed by atoms with E-state index in [0.29, 0.717) is 6.42 Å². The van der Waals surface area contributed by atoms with Gasteiger partial charge >= 0.3 is 9.17 Å². The number of quaternary nitrogens is 1. The quantitative estimate of drug-likeness (QED) is 0.612. The van der Waals surface area contributed by atoms with E-state index in [1.807, 2.05) is 6.92 Å². The van der Waals surface area contributed by atoms with E-state index < -0.39 is 14.8 Å². The maximum Gasteiger partial charge on any atom is 0.413 e. The molecule has 0 rings (SSSR count). The van der Waals surface area contributed by atoms with Crippen LogP contribution in [0.15, 0.2) is 0 Å². The number of hydrogen-bond donors (Lipinski definition) is 1. The van der Waals surface area contributed by atoms with Gasteiger partial charge in [0, 0.05) is 5.60 Å². The molecule has 4 nitrogen and oxygen atoms in total. The molecule has 0 saturated carbocycles. The van der Waals surface area contributed by atoms with E-state index in [0.717, 1.165) is 0 Å². The molecule has 0 aromatic carbocycles. The standard InChI is InChI=1S/C5H11O3Si.H3N/c1-4-5(2,3)8-9(6)7;/h4H2,1-3H3;1H3/q-1;/p+1. The molecule has 0 fully saturated rings. The molecule has 0 aliphatic carbocycles. The van der Waals surface area contributed by atoms with Gasteiger partial charge in [-0.2, -0.15) is 0 Å². The Labute approximate surface area is 62.7 Å². The lowest BCUT2D eigenvalue weighted by Gasteiger charge is -2.28. The van der Waals surface area contributed by atoms with E-state index in [9.17, 15) is 9.26 Å². The molecule has 0 aliphatic heterocycles. The maximum absolute atomic E-state index is 10.0. The fourth-order valence-electron chi connectivity index (χ4n) is 0.298. The lowest BCUT2D eigenvalue weighted by Crippen LogP contribution is -2.35. The first-order chi connectivity index (χ1) is 3.98. The fraction of sp³-hybridized carbons (Fsp3) is 1.00. The molecule has 0 amide bonds. The summed E-state index contributed by atoms with van der Waals surface area (Å²) in [5.41, 5.74) is -0.516. The molecule has 0 heterocycles. The van der Waals surface area contributed by atoms with E-state index in [2.05, 4.69) is 4.43 Å². The van der Waals surface area contributed by atoms with Gasteiger partial charge in [0.05, 0.1) is 0 Å². The van der Waals surface area contributed by atoms with E-state index >= 15 is 0 Å². The molecule has 4 N–H and O–H groups in total. The normalized spacial score (nSPS) is 9.90. The second kappa shape index (κ2) is 4.40. The van der Waals surface area contributed by atoms with Gasteiger partial charge in [-0.05, 0) is 20.3 Å². The molecule has 0 atom stereocenters. The molecule has 0 bridgehead atoms. The van der Waals surface area contributed by atoms with Crippen molar-refractivity contribution in [1.82, 2.24) is 6.15 Å². The summed E-state index contributed by atoms with van der Waals surface area (Å²) in [5.74, 6) is 0. The third-order valence-corrected chi connectivity index (χ3v) is 1.93. The van der Waals surface area contributed by atoms with Gasteiger partial charge < -0.3 is 19.8 Å². The van der Waals surface area contributed by atoms with Gasteiger partial charge in [-0.15, -0.1) is 0 Å². The topological polar surface area (TPSA) is 85.9 Å². The zero-order valence-electron chi connectivity index (χ0n) is 6.93. The smallest absolute Gasteiger partial charge is 0.413 e. The molecule has 0 aliphatic rings. The van der Waals surface area contributed by atoms with Crippen LogP contribution >= 0.6 is 0 Å². The molecule has 5 heteroatoms. The lowest BCUT2D eigenvalue weighted by atomic mass is 10.1. The molecule has 0 saturated heterocycles. The van der Waals surface area contributed by atoms with Crippen molar-refractivity contribution in [2.75, 3.05) is 0 Å². The highest BCUT2D eigenvalue weighted by atomic mass is 28.3. The third-order valence-electron chi connectivity index (χ3n) is 1.21. The maximum atomic E-state index is 10.0. The van der Waals surface area contributed by atoms with Crippen molar-refractivity contribution in [3.05, 3.63) is 0 Å². The van der Waals surface area contributed by atoms with Crippen LogP contribution in [0, 0.1) is 0 Å². The van der Waals surface area contributed by atoms with Crippen molar-refractivity contribution >= 4 is 9.17 Å². The van der Waals surface area contributed by atoms with Crippen LogP contribution in [0.2, 0.25) is 0 Å². The van der Waals surface area contributed by atoms with Crippen LogP contribution in [0.5, 0.6) is 0 Å². The Hall–Kier alpha value is -0.423. The minimum Gasteiger partial charge on any atom is -0.583 e. The second-order valence-corrected chi connectivity index (χ2v) is 3.17. The average molecular weight is 165 g/mol. The van der Waals surface area contributed by atoms with E-state index in [-0.39, 0.29) is 6.15 Å². The van der Waals surface area contributed by atoms with Gasteiger partial charge in [0.1, 0.15) is 0 Å². The van der Waals surface area contributed by atoms with Gasteiger partial charge in [-0.1, -0.05) is 6.92 Å². The van der Waals surface area contributed by atoms with Crippen LogP contribution in [-0.4, -0.2) is 14.8 Å². The molecule has 62 valence electrons. The van der Waals surface area contributed by atoms with Crippen molar-refractivity contribution in [1.29, 1.82) is 0 Å². The summed E-state index contributed by atoms with van der Waals surface area (Å²) in [4.78, 5) is 10.0. The van der Waals surface area contributed by atoms with E-state index in [1.165, 1.54) is 0 Å². The lowest BCUT2D eigenvalue weighted by molar-refractivity contribution is -0.239. The highest BCUT2D eigenvalue weighted by Crippen LogP contribution is 2.11. The summed E-state index contributed by atoms with van der Waals surface area (Å²) >= 11 is 0. The molecule has 0 radical (unpaired) electrons. The van der Waals surface area contributed by atoms with Crippen LogP contribution in [0.25, 0.3) is 0 Å². The minimum absolute atomic E-state index is 0. The SMILES string of the molecule is CCC(C)(C)O[Si](=O)[O-].[NH4+].